The van der Waals surface area contributed by atoms with Gasteiger partial charge in [-0.05, 0) is 30.3 Å². The summed E-state index contributed by atoms with van der Waals surface area (Å²) in [6, 6.07) is 6.50. The van der Waals surface area contributed by atoms with Crippen LogP contribution >= 0.6 is 0 Å². The molecule has 2 heterocycles. The van der Waals surface area contributed by atoms with Gasteiger partial charge in [0.1, 0.15) is 5.82 Å². The fourth-order valence-electron chi connectivity index (χ4n) is 1.73. The average Bonchev–Trinajstić information content (AvgIpc) is 2.38. The predicted molar refractivity (Wildman–Crippen MR) is 64.0 cm³/mol. The van der Waals surface area contributed by atoms with E-state index in [9.17, 15) is 4.39 Å². The highest BCUT2D eigenvalue weighted by Gasteiger charge is 2.17. The van der Waals surface area contributed by atoms with Crippen LogP contribution in [-0.2, 0) is 0 Å². The molecular formula is C13H14FN3. The van der Waals surface area contributed by atoms with E-state index in [0.717, 1.165) is 12.1 Å². The van der Waals surface area contributed by atoms with E-state index in [1.807, 2.05) is 19.1 Å². The molecule has 0 aliphatic carbocycles. The fourth-order valence-corrected chi connectivity index (χ4v) is 1.73. The summed E-state index contributed by atoms with van der Waals surface area (Å²) in [5.41, 5.74) is 1.31. The Morgan fingerprint density at radius 1 is 1.29 bits per heavy atom. The smallest absolute Gasteiger partial charge is 0.146 e. The van der Waals surface area contributed by atoms with Crippen molar-refractivity contribution in [3.63, 3.8) is 0 Å². The summed E-state index contributed by atoms with van der Waals surface area (Å²) in [6.07, 6.45) is 5.02. The van der Waals surface area contributed by atoms with Gasteiger partial charge < -0.3 is 5.32 Å². The number of nitrogens with one attached hydrogen (secondary N) is 1. The molecule has 0 spiro atoms. The maximum Gasteiger partial charge on any atom is 0.146 e. The van der Waals surface area contributed by atoms with Gasteiger partial charge >= 0.3 is 0 Å². The molecule has 0 saturated heterocycles. The molecule has 0 saturated carbocycles. The average molecular weight is 231 g/mol. The van der Waals surface area contributed by atoms with Crippen LogP contribution in [-0.4, -0.2) is 16.5 Å². The van der Waals surface area contributed by atoms with E-state index >= 15 is 0 Å². The van der Waals surface area contributed by atoms with Gasteiger partial charge in [-0.25, -0.2) is 4.39 Å². The Bertz CT molecular complexity index is 473. The molecule has 2 aromatic rings. The second kappa shape index (κ2) is 5.50. The molecule has 0 aliphatic rings. The van der Waals surface area contributed by atoms with Gasteiger partial charge in [-0.1, -0.05) is 13.0 Å². The number of hydrogen-bond acceptors (Lipinski definition) is 3. The zero-order chi connectivity index (χ0) is 12.1. The Morgan fingerprint density at radius 2 is 2.12 bits per heavy atom. The summed E-state index contributed by atoms with van der Waals surface area (Å²) >= 11 is 0. The molecule has 1 unspecified atom stereocenters. The zero-order valence-corrected chi connectivity index (χ0v) is 9.60. The van der Waals surface area contributed by atoms with Crippen LogP contribution in [0.4, 0.5) is 4.39 Å². The lowest BCUT2D eigenvalue weighted by atomic mass is 10.0. The van der Waals surface area contributed by atoms with E-state index in [1.165, 1.54) is 6.07 Å². The van der Waals surface area contributed by atoms with Crippen molar-refractivity contribution in [3.8, 4) is 0 Å². The van der Waals surface area contributed by atoms with Crippen LogP contribution in [0.3, 0.4) is 0 Å². The lowest BCUT2D eigenvalue weighted by molar-refractivity contribution is 0.542. The number of hydrogen-bond donors (Lipinski definition) is 1. The number of rotatable bonds is 4. The van der Waals surface area contributed by atoms with Crippen molar-refractivity contribution in [2.75, 3.05) is 6.54 Å². The van der Waals surface area contributed by atoms with Gasteiger partial charge in [-0.2, -0.15) is 0 Å². The third-order valence-electron chi connectivity index (χ3n) is 2.49. The van der Waals surface area contributed by atoms with Crippen molar-refractivity contribution in [3.05, 3.63) is 59.9 Å². The molecule has 0 amide bonds. The summed E-state index contributed by atoms with van der Waals surface area (Å²) in [7, 11) is 0. The van der Waals surface area contributed by atoms with Crippen molar-refractivity contribution in [1.82, 2.24) is 15.3 Å². The molecule has 0 radical (unpaired) electrons. The molecule has 1 atom stereocenters. The summed E-state index contributed by atoms with van der Waals surface area (Å²) in [6.45, 7) is 2.71. The monoisotopic (exact) mass is 231 g/mol. The van der Waals surface area contributed by atoms with E-state index in [1.54, 1.807) is 24.7 Å². The molecule has 1 N–H and O–H groups in total. The second-order valence-electron chi connectivity index (χ2n) is 3.65. The quantitative estimate of drug-likeness (QED) is 0.877. The van der Waals surface area contributed by atoms with Gasteiger partial charge in [0.25, 0.3) is 0 Å². The van der Waals surface area contributed by atoms with Crippen LogP contribution < -0.4 is 5.32 Å². The maximum absolute atomic E-state index is 13.7. The van der Waals surface area contributed by atoms with E-state index in [2.05, 4.69) is 15.3 Å². The minimum atomic E-state index is -0.303. The lowest BCUT2D eigenvalue weighted by Gasteiger charge is -2.17. The van der Waals surface area contributed by atoms with Gasteiger partial charge in [0.2, 0.25) is 0 Å². The van der Waals surface area contributed by atoms with Crippen molar-refractivity contribution in [1.29, 1.82) is 0 Å². The maximum atomic E-state index is 13.7. The van der Waals surface area contributed by atoms with Crippen LogP contribution in [0.1, 0.15) is 24.2 Å². The number of pyridine rings is 2. The van der Waals surface area contributed by atoms with Crippen LogP contribution in [0.15, 0.2) is 42.9 Å². The Morgan fingerprint density at radius 3 is 2.76 bits per heavy atom. The van der Waals surface area contributed by atoms with Gasteiger partial charge in [-0.3, -0.25) is 9.97 Å². The number of halogens is 1. The SMILES string of the molecule is CCNC(c1cccnc1)c1ncccc1F. The standard InChI is InChI=1S/C13H14FN3/c1-2-16-12(10-5-3-7-15-9-10)13-11(14)6-4-8-17-13/h3-9,12,16H,2H2,1H3. The van der Waals surface area contributed by atoms with Crippen molar-refractivity contribution in [2.45, 2.75) is 13.0 Å². The molecular weight excluding hydrogens is 217 g/mol. The number of aromatic nitrogens is 2. The Kier molecular flexibility index (Phi) is 3.77. The Balaban J connectivity index is 2.39. The first-order valence-electron chi connectivity index (χ1n) is 5.56. The predicted octanol–water partition coefficient (Wildman–Crippen LogP) is 2.31. The lowest BCUT2D eigenvalue weighted by Crippen LogP contribution is -2.24. The first-order chi connectivity index (χ1) is 8.33. The van der Waals surface area contributed by atoms with E-state index in [-0.39, 0.29) is 11.9 Å². The molecule has 3 nitrogen and oxygen atoms in total. The summed E-state index contributed by atoms with van der Waals surface area (Å²) in [4.78, 5) is 8.16. The highest BCUT2D eigenvalue weighted by molar-refractivity contribution is 5.25. The largest absolute Gasteiger partial charge is 0.305 e. The number of nitrogens with zero attached hydrogens (tertiary/aromatic N) is 2. The zero-order valence-electron chi connectivity index (χ0n) is 9.60. The Hall–Kier alpha value is -1.81. The summed E-state index contributed by atoms with van der Waals surface area (Å²) in [5, 5.41) is 3.21. The van der Waals surface area contributed by atoms with Gasteiger partial charge in [-0.15, -0.1) is 0 Å². The van der Waals surface area contributed by atoms with Crippen LogP contribution in [0.25, 0.3) is 0 Å². The second-order valence-corrected chi connectivity index (χ2v) is 3.65. The van der Waals surface area contributed by atoms with E-state index < -0.39 is 0 Å². The highest BCUT2D eigenvalue weighted by Crippen LogP contribution is 2.21. The molecule has 4 heteroatoms. The summed E-state index contributed by atoms with van der Waals surface area (Å²) < 4.78 is 13.7. The van der Waals surface area contributed by atoms with Gasteiger partial charge in [0, 0.05) is 18.6 Å². The Labute approximate surface area is 99.7 Å². The van der Waals surface area contributed by atoms with Gasteiger partial charge in [0.05, 0.1) is 11.7 Å². The summed E-state index contributed by atoms with van der Waals surface area (Å²) in [5.74, 6) is -0.303. The fraction of sp³-hybridized carbons (Fsp3) is 0.231. The minimum Gasteiger partial charge on any atom is -0.305 e. The van der Waals surface area contributed by atoms with Crippen LogP contribution in [0.2, 0.25) is 0 Å². The molecule has 88 valence electrons. The van der Waals surface area contributed by atoms with E-state index in [4.69, 9.17) is 0 Å². The van der Waals surface area contributed by atoms with Crippen molar-refractivity contribution >= 4 is 0 Å². The first-order valence-corrected chi connectivity index (χ1v) is 5.56. The van der Waals surface area contributed by atoms with Crippen molar-refractivity contribution < 1.29 is 4.39 Å². The first kappa shape index (κ1) is 11.7. The molecule has 0 bridgehead atoms. The van der Waals surface area contributed by atoms with Gasteiger partial charge in [0.15, 0.2) is 0 Å². The molecule has 2 rings (SSSR count). The third kappa shape index (κ3) is 2.65. The molecule has 17 heavy (non-hydrogen) atoms. The molecule has 0 fully saturated rings. The minimum absolute atomic E-state index is 0.255. The highest BCUT2D eigenvalue weighted by atomic mass is 19.1. The van der Waals surface area contributed by atoms with E-state index in [0.29, 0.717) is 5.69 Å². The third-order valence-corrected chi connectivity index (χ3v) is 2.49. The van der Waals surface area contributed by atoms with Crippen molar-refractivity contribution in [2.24, 2.45) is 0 Å². The van der Waals surface area contributed by atoms with Crippen LogP contribution in [0.5, 0.6) is 0 Å². The molecule has 0 aromatic carbocycles. The van der Waals surface area contributed by atoms with Crippen LogP contribution in [0, 0.1) is 5.82 Å². The normalized spacial score (nSPS) is 12.4. The topological polar surface area (TPSA) is 37.8 Å². The molecule has 0 aliphatic heterocycles. The molecule has 2 aromatic heterocycles.